The van der Waals surface area contributed by atoms with Crippen molar-refractivity contribution in [2.24, 2.45) is 0 Å². The van der Waals surface area contributed by atoms with Crippen molar-refractivity contribution in [2.75, 3.05) is 17.4 Å². The minimum atomic E-state index is -4.17. The normalized spacial score (nSPS) is 11.8. The van der Waals surface area contributed by atoms with Crippen LogP contribution in [0.15, 0.2) is 108 Å². The summed E-state index contributed by atoms with van der Waals surface area (Å²) in [6.07, 6.45) is 1.12. The van der Waals surface area contributed by atoms with E-state index in [2.05, 4.69) is 5.32 Å². The maximum Gasteiger partial charge on any atom is 0.264 e. The van der Waals surface area contributed by atoms with E-state index in [-0.39, 0.29) is 17.3 Å². The lowest BCUT2D eigenvalue weighted by Gasteiger charge is -2.33. The number of aryl methyl sites for hydroxylation is 2. The molecule has 2 amide bonds. The first-order chi connectivity index (χ1) is 21.6. The fourth-order valence-electron chi connectivity index (χ4n) is 4.85. The van der Waals surface area contributed by atoms with E-state index in [1.807, 2.05) is 82.3 Å². The van der Waals surface area contributed by atoms with E-state index in [9.17, 15) is 18.0 Å². The molecule has 4 aromatic carbocycles. The van der Waals surface area contributed by atoms with Gasteiger partial charge in [0.1, 0.15) is 24.1 Å². The Morgan fingerprint density at radius 3 is 1.93 bits per heavy atom. The molecule has 0 fully saturated rings. The molecule has 0 aliphatic carbocycles. The summed E-state index contributed by atoms with van der Waals surface area (Å²) < 4.78 is 35.3. The molecule has 0 aliphatic heterocycles. The number of amides is 2. The monoisotopic (exact) mass is 627 g/mol. The van der Waals surface area contributed by atoms with Crippen molar-refractivity contribution in [2.45, 2.75) is 58.0 Å². The molecule has 9 heteroatoms. The highest BCUT2D eigenvalue weighted by molar-refractivity contribution is 7.92. The van der Waals surface area contributed by atoms with E-state index >= 15 is 0 Å². The Bertz CT molecular complexity index is 1660. The van der Waals surface area contributed by atoms with Crippen molar-refractivity contribution in [3.05, 3.63) is 120 Å². The van der Waals surface area contributed by atoms with Crippen LogP contribution in [0.3, 0.4) is 0 Å². The van der Waals surface area contributed by atoms with Gasteiger partial charge in [-0.25, -0.2) is 8.42 Å². The first-order valence-corrected chi connectivity index (χ1v) is 16.6. The SMILES string of the molecule is CCCNC(=O)[C@H](CC)N(Cc1ccc(C)cc1)C(=O)CN(c1ccc(Oc2ccccc2)cc1)S(=O)(=O)c1ccc(C)cc1. The summed E-state index contributed by atoms with van der Waals surface area (Å²) in [5.74, 6) is 0.399. The summed E-state index contributed by atoms with van der Waals surface area (Å²) in [5.41, 5.74) is 3.11. The lowest BCUT2D eigenvalue weighted by molar-refractivity contribution is -0.140. The number of nitrogens with zero attached hydrogens (tertiary/aromatic N) is 2. The number of hydrogen-bond donors (Lipinski definition) is 1. The van der Waals surface area contributed by atoms with E-state index in [0.29, 0.717) is 30.2 Å². The fourth-order valence-corrected chi connectivity index (χ4v) is 6.26. The highest BCUT2D eigenvalue weighted by atomic mass is 32.2. The smallest absolute Gasteiger partial charge is 0.264 e. The lowest BCUT2D eigenvalue weighted by Crippen LogP contribution is -2.52. The molecule has 45 heavy (non-hydrogen) atoms. The minimum Gasteiger partial charge on any atom is -0.457 e. The summed E-state index contributed by atoms with van der Waals surface area (Å²) in [6, 6.07) is 29.3. The molecule has 0 saturated heterocycles. The molecule has 0 heterocycles. The van der Waals surface area contributed by atoms with Gasteiger partial charge >= 0.3 is 0 Å². The Labute approximate surface area is 266 Å². The molecular formula is C36H41N3O5S. The van der Waals surface area contributed by atoms with E-state index in [0.717, 1.165) is 27.4 Å². The van der Waals surface area contributed by atoms with Gasteiger partial charge in [-0.2, -0.15) is 0 Å². The van der Waals surface area contributed by atoms with Gasteiger partial charge in [0.05, 0.1) is 10.6 Å². The molecular weight excluding hydrogens is 586 g/mol. The second kappa shape index (κ2) is 15.4. The molecule has 4 aromatic rings. The van der Waals surface area contributed by atoms with Gasteiger partial charge in [0.2, 0.25) is 11.8 Å². The van der Waals surface area contributed by atoms with Gasteiger partial charge < -0.3 is 15.0 Å². The molecule has 0 bridgehead atoms. The zero-order valence-electron chi connectivity index (χ0n) is 26.3. The number of hydrogen-bond acceptors (Lipinski definition) is 5. The van der Waals surface area contributed by atoms with E-state index in [1.165, 1.54) is 17.0 Å². The quantitative estimate of drug-likeness (QED) is 0.169. The van der Waals surface area contributed by atoms with Crippen molar-refractivity contribution in [1.29, 1.82) is 0 Å². The third-order valence-electron chi connectivity index (χ3n) is 7.40. The van der Waals surface area contributed by atoms with Crippen LogP contribution in [0.5, 0.6) is 11.5 Å². The molecule has 1 atom stereocenters. The zero-order chi connectivity index (χ0) is 32.4. The van der Waals surface area contributed by atoms with Crippen LogP contribution in [-0.2, 0) is 26.2 Å². The minimum absolute atomic E-state index is 0.0586. The maximum absolute atomic E-state index is 14.2. The lowest BCUT2D eigenvalue weighted by atomic mass is 10.1. The molecule has 236 valence electrons. The number of nitrogens with one attached hydrogen (secondary N) is 1. The van der Waals surface area contributed by atoms with Crippen LogP contribution >= 0.6 is 0 Å². The Morgan fingerprint density at radius 2 is 1.36 bits per heavy atom. The number of ether oxygens (including phenoxy) is 1. The second-order valence-electron chi connectivity index (χ2n) is 11.0. The van der Waals surface area contributed by atoms with Gasteiger partial charge in [0, 0.05) is 13.1 Å². The summed E-state index contributed by atoms with van der Waals surface area (Å²) in [6.45, 7) is 7.79. The highest BCUT2D eigenvalue weighted by Gasteiger charge is 2.33. The largest absolute Gasteiger partial charge is 0.457 e. The number of sulfonamides is 1. The number of carbonyl (C=O) groups is 2. The molecule has 0 aliphatic rings. The van der Waals surface area contributed by atoms with E-state index in [4.69, 9.17) is 4.74 Å². The Hall–Kier alpha value is -4.63. The molecule has 0 spiro atoms. The predicted molar refractivity (Wildman–Crippen MR) is 178 cm³/mol. The van der Waals surface area contributed by atoms with Crippen LogP contribution < -0.4 is 14.4 Å². The van der Waals surface area contributed by atoms with Gasteiger partial charge in [-0.05, 0) is 80.8 Å². The van der Waals surface area contributed by atoms with Crippen molar-refractivity contribution in [1.82, 2.24) is 10.2 Å². The third-order valence-corrected chi connectivity index (χ3v) is 9.19. The van der Waals surface area contributed by atoms with E-state index in [1.54, 1.807) is 36.4 Å². The molecule has 0 unspecified atom stereocenters. The van der Waals surface area contributed by atoms with Gasteiger partial charge in [-0.1, -0.05) is 79.6 Å². The number of benzene rings is 4. The topological polar surface area (TPSA) is 96.0 Å². The van der Waals surface area contributed by atoms with Crippen molar-refractivity contribution >= 4 is 27.5 Å². The highest BCUT2D eigenvalue weighted by Crippen LogP contribution is 2.29. The predicted octanol–water partition coefficient (Wildman–Crippen LogP) is 6.62. The van der Waals surface area contributed by atoms with E-state index < -0.39 is 28.5 Å². The molecule has 8 nitrogen and oxygen atoms in total. The Balaban J connectivity index is 1.71. The number of rotatable bonds is 14. The zero-order valence-corrected chi connectivity index (χ0v) is 27.1. The number of carbonyl (C=O) groups excluding carboxylic acids is 2. The van der Waals surface area contributed by atoms with Crippen molar-refractivity contribution < 1.29 is 22.7 Å². The van der Waals surface area contributed by atoms with Gasteiger partial charge in [0.25, 0.3) is 10.0 Å². The third kappa shape index (κ3) is 8.73. The Morgan fingerprint density at radius 1 is 0.778 bits per heavy atom. The summed E-state index contributed by atoms with van der Waals surface area (Å²) >= 11 is 0. The summed E-state index contributed by atoms with van der Waals surface area (Å²) in [4.78, 5) is 29.0. The van der Waals surface area contributed by atoms with Crippen LogP contribution in [0, 0.1) is 13.8 Å². The molecule has 1 N–H and O–H groups in total. The van der Waals surface area contributed by atoms with Gasteiger partial charge in [-0.15, -0.1) is 0 Å². The second-order valence-corrected chi connectivity index (χ2v) is 12.8. The average Bonchev–Trinajstić information content (AvgIpc) is 3.04. The van der Waals surface area contributed by atoms with Crippen molar-refractivity contribution in [3.63, 3.8) is 0 Å². The Kier molecular flexibility index (Phi) is 11.4. The van der Waals surface area contributed by atoms with Crippen LogP contribution in [0.2, 0.25) is 0 Å². The fraction of sp³-hybridized carbons (Fsp3) is 0.278. The van der Waals surface area contributed by atoms with Crippen LogP contribution in [0.1, 0.15) is 43.4 Å². The molecule has 0 saturated carbocycles. The standard InChI is InChI=1S/C36H41N3O5S/c1-5-24-37-36(41)34(6-2)38(25-29-16-12-27(3)13-17-29)35(40)26-39(45(42,43)33-22-14-28(4)15-23-33)30-18-20-32(21-19-30)44-31-10-8-7-9-11-31/h7-23,34H,5-6,24-26H2,1-4H3,(H,37,41)/t34-/m0/s1. The summed E-state index contributed by atoms with van der Waals surface area (Å²) in [7, 11) is -4.17. The van der Waals surface area contributed by atoms with Crippen LogP contribution in [0.4, 0.5) is 5.69 Å². The molecule has 0 aromatic heterocycles. The summed E-state index contributed by atoms with van der Waals surface area (Å²) in [5, 5.41) is 2.91. The number of anilines is 1. The van der Waals surface area contributed by atoms with Crippen molar-refractivity contribution in [3.8, 4) is 11.5 Å². The molecule has 4 rings (SSSR count). The van der Waals surface area contributed by atoms with Gasteiger partial charge in [0.15, 0.2) is 0 Å². The van der Waals surface area contributed by atoms with Crippen LogP contribution in [-0.4, -0.2) is 44.3 Å². The first kappa shape index (κ1) is 33.3. The maximum atomic E-state index is 14.2. The van der Waals surface area contributed by atoms with Gasteiger partial charge in [-0.3, -0.25) is 13.9 Å². The molecule has 0 radical (unpaired) electrons. The average molecular weight is 628 g/mol. The number of para-hydroxylation sites is 1. The first-order valence-electron chi connectivity index (χ1n) is 15.2. The van der Waals surface area contributed by atoms with Crippen LogP contribution in [0.25, 0.3) is 0 Å².